The van der Waals surface area contributed by atoms with E-state index in [-0.39, 0.29) is 38.7 Å². The topological polar surface area (TPSA) is 234 Å². The van der Waals surface area contributed by atoms with Gasteiger partial charge in [0.2, 0.25) is 0 Å². The molecular weight excluding hydrogens is 1180 g/mol. The Balaban J connectivity index is 0.849. The lowest BCUT2D eigenvalue weighted by atomic mass is 9.82. The molecule has 12 rings (SSSR count). The molecule has 21 heteroatoms. The summed E-state index contributed by atoms with van der Waals surface area (Å²) < 4.78 is 86.4. The van der Waals surface area contributed by atoms with Crippen LogP contribution in [0.1, 0.15) is 45.2 Å². The first-order valence-electron chi connectivity index (χ1n) is 28.2. The number of methoxy groups -OCH3 is 2. The highest BCUT2D eigenvalue weighted by atomic mass is 32.2. The van der Waals surface area contributed by atoms with Gasteiger partial charge in [-0.25, -0.2) is 36.8 Å². The first-order chi connectivity index (χ1) is 43.8. The minimum absolute atomic E-state index is 0.0333. The van der Waals surface area contributed by atoms with Crippen molar-refractivity contribution in [1.82, 2.24) is 39.0 Å². The van der Waals surface area contributed by atoms with Crippen molar-refractivity contribution in [2.75, 3.05) is 23.7 Å². The van der Waals surface area contributed by atoms with E-state index in [1.165, 1.54) is 51.1 Å². The van der Waals surface area contributed by atoms with Gasteiger partial charge in [-0.3, -0.25) is 14.2 Å². The molecule has 0 aliphatic heterocycles. The van der Waals surface area contributed by atoms with E-state index in [1.54, 1.807) is 122 Å². The summed E-state index contributed by atoms with van der Waals surface area (Å²) in [6, 6.07) is 59.8. The number of allylic oxidation sites excluding steroid dienone is 2. The monoisotopic (exact) mass is 1230 g/mol. The highest BCUT2D eigenvalue weighted by Gasteiger charge is 2.28. The third-order valence-corrected chi connectivity index (χ3v) is 17.5. The number of nitrogens with zero attached hydrogens (tertiary/aromatic N) is 8. The van der Waals surface area contributed by atoms with Gasteiger partial charge in [0.25, 0.3) is 31.8 Å². The summed E-state index contributed by atoms with van der Waals surface area (Å²) in [5, 5.41) is 0. The Hall–Kier alpha value is -11.3. The largest absolute Gasteiger partial charge is 0.497 e. The van der Waals surface area contributed by atoms with Crippen LogP contribution in [-0.2, 0) is 37.9 Å². The van der Waals surface area contributed by atoms with Crippen LogP contribution in [0.3, 0.4) is 0 Å². The van der Waals surface area contributed by atoms with Gasteiger partial charge in [-0.1, -0.05) is 133 Å². The number of ketones is 1. The second-order valence-corrected chi connectivity index (χ2v) is 24.0. The lowest BCUT2D eigenvalue weighted by Gasteiger charge is -2.20. The normalized spacial score (nSPS) is 12.5. The number of imidazole rings is 2. The Morgan fingerprint density at radius 3 is 1.18 bits per heavy atom. The lowest BCUT2D eigenvalue weighted by molar-refractivity contribution is -0.120. The van der Waals surface area contributed by atoms with Gasteiger partial charge in [0.15, 0.2) is 28.1 Å². The Bertz CT molecular complexity index is 4460. The quantitative estimate of drug-likeness (QED) is 0.0572. The van der Waals surface area contributed by atoms with Crippen molar-refractivity contribution in [3.05, 3.63) is 277 Å². The first-order valence-corrected chi connectivity index (χ1v) is 31.2. The highest BCUT2D eigenvalue weighted by molar-refractivity contribution is 7.93. The average Bonchev–Trinajstić information content (AvgIpc) is 2.73. The van der Waals surface area contributed by atoms with E-state index in [2.05, 4.69) is 39.3 Å². The predicted octanol–water partition coefficient (Wildman–Crippen LogP) is 13.1. The van der Waals surface area contributed by atoms with Crippen molar-refractivity contribution < 1.29 is 40.6 Å². The van der Waals surface area contributed by atoms with E-state index in [9.17, 15) is 16.8 Å². The maximum absolute atomic E-state index is 15.7. The fourth-order valence-corrected chi connectivity index (χ4v) is 12.1. The summed E-state index contributed by atoms with van der Waals surface area (Å²) in [5.74, 6) is 0.417. The molecule has 4 heterocycles. The molecule has 0 aliphatic carbocycles. The number of carbonyl (C=O) groups is 1. The maximum Gasteiger partial charge on any atom is 0.261 e. The van der Waals surface area contributed by atoms with Gasteiger partial charge in [0.05, 0.1) is 61.6 Å². The van der Waals surface area contributed by atoms with Gasteiger partial charge < -0.3 is 28.1 Å². The molecule has 0 bridgehead atoms. The Kier molecular flexibility index (Phi) is 17.3. The molecule has 0 radical (unpaired) electrons. The molecule has 2 unspecified atom stereocenters. The Labute approximate surface area is 518 Å². The molecule has 448 valence electrons. The zero-order valence-electron chi connectivity index (χ0n) is 48.4. The molecule has 90 heavy (non-hydrogen) atoms. The predicted molar refractivity (Wildman–Crippen MR) is 344 cm³/mol. The van der Waals surface area contributed by atoms with Crippen molar-refractivity contribution >= 4 is 71.7 Å². The molecule has 4 aromatic heterocycles. The van der Waals surface area contributed by atoms with Gasteiger partial charge in [-0.15, -0.1) is 0 Å². The summed E-state index contributed by atoms with van der Waals surface area (Å²) in [6.45, 7) is 1.13. The zero-order valence-corrected chi connectivity index (χ0v) is 50.0. The summed E-state index contributed by atoms with van der Waals surface area (Å²) in [7, 11) is -5.04. The van der Waals surface area contributed by atoms with Crippen molar-refractivity contribution in [3.63, 3.8) is 0 Å². The number of ether oxygens (including phenoxy) is 4. The fourth-order valence-electron chi connectivity index (χ4n) is 9.98. The minimum Gasteiger partial charge on any atom is -0.497 e. The van der Waals surface area contributed by atoms with E-state index in [1.807, 2.05) is 106 Å². The number of hydrogen-bond acceptors (Lipinski definition) is 15. The molecule has 0 fully saturated rings. The molecular formula is C69H56N10O9S2. The average molecular weight is 1230 g/mol. The standard InChI is InChI=1S/C69H56N10O9S2/c1-85-55-31-35-59(36-32-55)89(81,82)76-53-23-19-51(20-24-53)61(39-17-47-13-27-57(28-14-47)87-68-63-66(70-43-72-68)78(45-74-63)41-49-9-5-3-6-10-49)65(80)62(52-21-25-54(26-22-52)77-90(83,84)60-37-33-56(86-2)34-38-60)40-18-48-15-29-58(30-16-48)88-69-64-67(71-44-73-69)79(46-75-64)42-50-11-7-4-8-12-50/h3-40,43-46,61-62,76-77H,41-42H2,1-2H3/b39-17+,40-18+. The molecule has 0 saturated heterocycles. The summed E-state index contributed by atoms with van der Waals surface area (Å²) >= 11 is 0. The number of fused-ring (bicyclic) bond motifs is 2. The van der Waals surface area contributed by atoms with Crippen LogP contribution in [0.25, 0.3) is 34.5 Å². The van der Waals surface area contributed by atoms with Crippen molar-refractivity contribution in [2.45, 2.75) is 34.7 Å². The second-order valence-electron chi connectivity index (χ2n) is 20.6. The molecule has 2 N–H and O–H groups in total. The van der Waals surface area contributed by atoms with E-state index in [0.29, 0.717) is 69.5 Å². The maximum atomic E-state index is 15.7. The van der Waals surface area contributed by atoms with E-state index < -0.39 is 31.9 Å². The minimum atomic E-state index is -4.02. The molecule has 0 amide bonds. The van der Waals surface area contributed by atoms with Gasteiger partial charge in [-0.05, 0) is 130 Å². The van der Waals surface area contributed by atoms with Crippen LogP contribution in [0.15, 0.2) is 254 Å². The van der Waals surface area contributed by atoms with Gasteiger partial charge in [0.1, 0.15) is 35.7 Å². The van der Waals surface area contributed by atoms with Gasteiger partial charge in [0, 0.05) is 11.4 Å². The van der Waals surface area contributed by atoms with Gasteiger partial charge in [-0.2, -0.15) is 9.97 Å². The fraction of sp³-hybridized carbons (Fsp3) is 0.0870. The van der Waals surface area contributed by atoms with E-state index >= 15 is 4.79 Å². The SMILES string of the molecule is COc1ccc(S(=O)(=O)Nc2ccc(C(/C=C/c3ccc(Oc4ncnc5c4ncn5Cc4ccccc4)cc3)C(=O)C(/C=C/c3ccc(Oc4ncnc5c4ncn5Cc4ccccc4)cc3)c3ccc(NS(=O)(=O)c4ccc(OC)cc4)cc3)cc2)cc1. The number of aromatic nitrogens is 8. The third kappa shape index (κ3) is 13.8. The number of nitrogens with one attached hydrogen (secondary N) is 2. The van der Waals surface area contributed by atoms with Crippen molar-refractivity contribution in [2.24, 2.45) is 0 Å². The van der Waals surface area contributed by atoms with Crippen LogP contribution in [0.2, 0.25) is 0 Å². The molecule has 0 spiro atoms. The Morgan fingerprint density at radius 1 is 0.444 bits per heavy atom. The molecule has 12 aromatic rings. The Morgan fingerprint density at radius 2 is 0.811 bits per heavy atom. The third-order valence-electron chi connectivity index (χ3n) is 14.7. The number of Topliss-reactive ketones (excluding diaryl/α,β-unsaturated/α-hetero) is 1. The number of rotatable bonds is 24. The van der Waals surface area contributed by atoms with Crippen LogP contribution in [0, 0.1) is 0 Å². The first kappa shape index (κ1) is 59.1. The molecule has 8 aromatic carbocycles. The number of anilines is 2. The van der Waals surface area contributed by atoms with Crippen molar-refractivity contribution in [1.29, 1.82) is 0 Å². The van der Waals surface area contributed by atoms with E-state index in [4.69, 9.17) is 18.9 Å². The van der Waals surface area contributed by atoms with Crippen molar-refractivity contribution in [3.8, 4) is 34.8 Å². The lowest BCUT2D eigenvalue weighted by Crippen LogP contribution is -2.19. The summed E-state index contributed by atoms with van der Waals surface area (Å²) in [4.78, 5) is 42.7. The summed E-state index contributed by atoms with van der Waals surface area (Å²) in [5.41, 5.74) is 7.51. The molecule has 2 atom stereocenters. The van der Waals surface area contributed by atoms with Crippen LogP contribution in [-0.4, -0.2) is 75.9 Å². The second kappa shape index (κ2) is 26.4. The van der Waals surface area contributed by atoms with Crippen LogP contribution < -0.4 is 28.4 Å². The van der Waals surface area contributed by atoms with E-state index in [0.717, 1.165) is 22.3 Å². The number of hydrogen-bond donors (Lipinski definition) is 2. The molecule has 19 nitrogen and oxygen atoms in total. The highest BCUT2D eigenvalue weighted by Crippen LogP contribution is 2.35. The van der Waals surface area contributed by atoms with Crippen LogP contribution in [0.5, 0.6) is 34.8 Å². The zero-order chi connectivity index (χ0) is 62.0. The van der Waals surface area contributed by atoms with Crippen LogP contribution >= 0.6 is 0 Å². The number of carbonyl (C=O) groups excluding carboxylic acids is 1. The molecule has 0 saturated carbocycles. The number of sulfonamides is 2. The van der Waals surface area contributed by atoms with Gasteiger partial charge >= 0.3 is 0 Å². The molecule has 0 aliphatic rings. The smallest absolute Gasteiger partial charge is 0.261 e. The number of benzene rings is 8. The van der Waals surface area contributed by atoms with Crippen LogP contribution in [0.4, 0.5) is 11.4 Å². The summed E-state index contributed by atoms with van der Waals surface area (Å²) in [6.07, 6.45) is 13.5.